The topological polar surface area (TPSA) is 75.6 Å². The molecule has 1 saturated heterocycles. The molecular formula is C18H31NO4. The predicted octanol–water partition coefficient (Wildman–Crippen LogP) is 3.27. The van der Waals surface area contributed by atoms with Crippen LogP contribution in [0, 0.1) is 5.92 Å². The number of ether oxygens (including phenoxy) is 1. The first kappa shape index (κ1) is 18.2. The highest BCUT2D eigenvalue weighted by Gasteiger charge is 2.23. The number of nitrogens with one attached hydrogen (secondary N) is 1. The second kappa shape index (κ2) is 9.91. The Morgan fingerprint density at radius 1 is 1.09 bits per heavy atom. The Morgan fingerprint density at radius 2 is 1.83 bits per heavy atom. The molecule has 132 valence electrons. The summed E-state index contributed by atoms with van der Waals surface area (Å²) in [6.45, 7) is 0.752. The molecule has 5 nitrogen and oxygen atoms in total. The van der Waals surface area contributed by atoms with Crippen LogP contribution in [0.3, 0.4) is 0 Å². The second-order valence-corrected chi connectivity index (χ2v) is 7.13. The fourth-order valence-corrected chi connectivity index (χ4v) is 3.83. The quantitative estimate of drug-likeness (QED) is 0.718. The van der Waals surface area contributed by atoms with E-state index in [2.05, 4.69) is 5.32 Å². The third-order valence-corrected chi connectivity index (χ3v) is 5.10. The number of carbonyl (C=O) groups is 2. The van der Waals surface area contributed by atoms with Gasteiger partial charge in [0.2, 0.25) is 5.91 Å². The third kappa shape index (κ3) is 7.34. The zero-order chi connectivity index (χ0) is 16.5. The van der Waals surface area contributed by atoms with Gasteiger partial charge in [-0.25, -0.2) is 0 Å². The maximum absolute atomic E-state index is 12.3. The van der Waals surface area contributed by atoms with Crippen molar-refractivity contribution in [1.82, 2.24) is 5.32 Å². The summed E-state index contributed by atoms with van der Waals surface area (Å²) in [7, 11) is 0. The fraction of sp³-hybridized carbons (Fsp3) is 0.889. The predicted molar refractivity (Wildman–Crippen MR) is 88.2 cm³/mol. The molecule has 1 amide bonds. The molecule has 0 bridgehead atoms. The van der Waals surface area contributed by atoms with Crippen molar-refractivity contribution in [1.29, 1.82) is 0 Å². The molecule has 0 spiro atoms. The second-order valence-electron chi connectivity index (χ2n) is 7.13. The molecule has 2 fully saturated rings. The first-order valence-electron chi connectivity index (χ1n) is 9.26. The van der Waals surface area contributed by atoms with Gasteiger partial charge in [0.1, 0.15) is 0 Å². The van der Waals surface area contributed by atoms with E-state index in [4.69, 9.17) is 9.84 Å². The Morgan fingerprint density at radius 3 is 2.48 bits per heavy atom. The molecular weight excluding hydrogens is 294 g/mol. The molecule has 1 aliphatic carbocycles. The van der Waals surface area contributed by atoms with Crippen LogP contribution in [0.1, 0.15) is 77.0 Å². The number of rotatable bonds is 8. The van der Waals surface area contributed by atoms with E-state index in [-0.39, 0.29) is 24.5 Å². The number of hydrogen-bond acceptors (Lipinski definition) is 3. The lowest BCUT2D eigenvalue weighted by atomic mass is 9.84. The smallest absolute Gasteiger partial charge is 0.303 e. The number of hydrogen-bond donors (Lipinski definition) is 2. The average Bonchev–Trinajstić information content (AvgIpc) is 2.54. The zero-order valence-electron chi connectivity index (χ0n) is 14.1. The summed E-state index contributed by atoms with van der Waals surface area (Å²) in [6, 6.07) is -0.00899. The highest BCUT2D eigenvalue weighted by atomic mass is 16.5. The highest BCUT2D eigenvalue weighted by molar-refractivity contribution is 5.77. The van der Waals surface area contributed by atoms with E-state index in [1.54, 1.807) is 0 Å². The van der Waals surface area contributed by atoms with Crippen molar-refractivity contribution in [3.05, 3.63) is 0 Å². The first-order valence-corrected chi connectivity index (χ1v) is 9.26. The molecule has 0 aromatic carbocycles. The van der Waals surface area contributed by atoms with E-state index in [0.29, 0.717) is 18.8 Å². The fourth-order valence-electron chi connectivity index (χ4n) is 3.83. The van der Waals surface area contributed by atoms with Crippen molar-refractivity contribution in [2.75, 3.05) is 6.61 Å². The maximum atomic E-state index is 12.3. The minimum atomic E-state index is -0.788. The molecule has 0 aromatic heterocycles. The van der Waals surface area contributed by atoms with Gasteiger partial charge in [-0.2, -0.15) is 0 Å². The summed E-state index contributed by atoms with van der Waals surface area (Å²) < 4.78 is 5.62. The molecule has 1 saturated carbocycles. The summed E-state index contributed by atoms with van der Waals surface area (Å²) in [5, 5.41) is 12.0. The number of carbonyl (C=O) groups excluding carboxylic acids is 1. The van der Waals surface area contributed by atoms with Crippen molar-refractivity contribution in [2.45, 2.75) is 89.2 Å². The maximum Gasteiger partial charge on any atom is 0.303 e. The van der Waals surface area contributed by atoms with Gasteiger partial charge in [-0.15, -0.1) is 0 Å². The summed E-state index contributed by atoms with van der Waals surface area (Å²) in [5.41, 5.74) is 0. The number of carboxylic acid groups (broad SMARTS) is 1. The van der Waals surface area contributed by atoms with Crippen molar-refractivity contribution in [3.63, 3.8) is 0 Å². The van der Waals surface area contributed by atoms with Gasteiger partial charge in [-0.3, -0.25) is 9.59 Å². The summed E-state index contributed by atoms with van der Waals surface area (Å²) in [6.07, 6.45) is 11.5. The molecule has 2 rings (SSSR count). The van der Waals surface area contributed by atoms with Crippen molar-refractivity contribution in [2.24, 2.45) is 5.92 Å². The van der Waals surface area contributed by atoms with Gasteiger partial charge >= 0.3 is 5.97 Å². The SMILES string of the molecule is O=C(O)CCC(CC1CCCCC1)NC(=O)CC1CCCCO1. The lowest BCUT2D eigenvalue weighted by Crippen LogP contribution is -2.39. The number of aliphatic carboxylic acids is 1. The molecule has 2 unspecified atom stereocenters. The van der Waals surface area contributed by atoms with E-state index in [1.165, 1.54) is 32.1 Å². The highest BCUT2D eigenvalue weighted by Crippen LogP contribution is 2.28. The van der Waals surface area contributed by atoms with Crippen LogP contribution < -0.4 is 5.32 Å². The van der Waals surface area contributed by atoms with Gasteiger partial charge in [0.25, 0.3) is 0 Å². The van der Waals surface area contributed by atoms with Crippen molar-refractivity contribution < 1.29 is 19.4 Å². The molecule has 0 radical (unpaired) electrons. The number of carboxylic acids is 1. The minimum absolute atomic E-state index is 0.00899. The van der Waals surface area contributed by atoms with E-state index >= 15 is 0 Å². The Balaban J connectivity index is 1.79. The molecule has 1 aliphatic heterocycles. The van der Waals surface area contributed by atoms with Gasteiger partial charge in [-0.05, 0) is 38.0 Å². The standard InChI is InChI=1S/C18H31NO4/c20-17(13-16-8-4-5-11-23-16)19-15(9-10-18(21)22)12-14-6-2-1-3-7-14/h14-16H,1-13H2,(H,19,20)(H,21,22). The van der Waals surface area contributed by atoms with E-state index in [0.717, 1.165) is 32.3 Å². The largest absolute Gasteiger partial charge is 0.481 e. The average molecular weight is 325 g/mol. The Labute approximate surface area is 139 Å². The molecule has 0 aromatic rings. The van der Waals surface area contributed by atoms with Gasteiger partial charge in [0.05, 0.1) is 12.5 Å². The van der Waals surface area contributed by atoms with Gasteiger partial charge < -0.3 is 15.2 Å². The van der Waals surface area contributed by atoms with Gasteiger partial charge in [-0.1, -0.05) is 32.1 Å². The Kier molecular flexibility index (Phi) is 7.86. The van der Waals surface area contributed by atoms with Crippen LogP contribution in [-0.2, 0) is 14.3 Å². The Hall–Kier alpha value is -1.10. The van der Waals surface area contributed by atoms with Gasteiger partial charge in [0, 0.05) is 19.1 Å². The van der Waals surface area contributed by atoms with E-state index in [9.17, 15) is 9.59 Å². The van der Waals surface area contributed by atoms with Crippen LogP contribution in [0.5, 0.6) is 0 Å². The van der Waals surface area contributed by atoms with E-state index < -0.39 is 5.97 Å². The van der Waals surface area contributed by atoms with E-state index in [1.807, 2.05) is 0 Å². The van der Waals surface area contributed by atoms with Crippen LogP contribution in [0.15, 0.2) is 0 Å². The monoisotopic (exact) mass is 325 g/mol. The summed E-state index contributed by atoms with van der Waals surface area (Å²) in [4.78, 5) is 23.1. The minimum Gasteiger partial charge on any atom is -0.481 e. The van der Waals surface area contributed by atoms with Crippen LogP contribution in [0.25, 0.3) is 0 Å². The third-order valence-electron chi connectivity index (χ3n) is 5.10. The summed E-state index contributed by atoms with van der Waals surface area (Å²) in [5.74, 6) is -0.139. The molecule has 2 aliphatic rings. The summed E-state index contributed by atoms with van der Waals surface area (Å²) >= 11 is 0. The lowest BCUT2D eigenvalue weighted by Gasteiger charge is -2.28. The van der Waals surface area contributed by atoms with Crippen LogP contribution in [-0.4, -0.2) is 35.7 Å². The van der Waals surface area contributed by atoms with Crippen LogP contribution >= 0.6 is 0 Å². The van der Waals surface area contributed by atoms with Crippen LogP contribution in [0.4, 0.5) is 0 Å². The van der Waals surface area contributed by atoms with Crippen LogP contribution in [0.2, 0.25) is 0 Å². The van der Waals surface area contributed by atoms with Crippen molar-refractivity contribution in [3.8, 4) is 0 Å². The Bertz CT molecular complexity index is 373. The first-order chi connectivity index (χ1) is 11.1. The molecule has 23 heavy (non-hydrogen) atoms. The molecule has 1 heterocycles. The molecule has 2 atom stereocenters. The molecule has 5 heteroatoms. The normalized spacial score (nSPS) is 24.1. The van der Waals surface area contributed by atoms with Crippen molar-refractivity contribution >= 4 is 11.9 Å². The zero-order valence-corrected chi connectivity index (χ0v) is 14.1. The number of amides is 1. The molecule has 2 N–H and O–H groups in total. The van der Waals surface area contributed by atoms with Gasteiger partial charge in [0.15, 0.2) is 0 Å². The lowest BCUT2D eigenvalue weighted by molar-refractivity contribution is -0.137.